The van der Waals surface area contributed by atoms with E-state index in [0.29, 0.717) is 0 Å². The maximum absolute atomic E-state index is 4.71. The van der Waals surface area contributed by atoms with Crippen LogP contribution in [0.2, 0.25) is 0 Å². The highest BCUT2D eigenvalue weighted by atomic mass is 15.0. The van der Waals surface area contributed by atoms with Crippen LogP contribution in [-0.2, 0) is 5.41 Å². The second-order valence-electron chi connectivity index (χ2n) is 5.83. The predicted octanol–water partition coefficient (Wildman–Crippen LogP) is 3.79. The van der Waals surface area contributed by atoms with Gasteiger partial charge in [-0.05, 0) is 13.0 Å². The molecule has 1 N–H and O–H groups in total. The molecule has 1 aromatic heterocycles. The van der Waals surface area contributed by atoms with Gasteiger partial charge in [-0.15, -0.1) is 0 Å². The van der Waals surface area contributed by atoms with Crippen molar-refractivity contribution in [3.63, 3.8) is 0 Å². The minimum Gasteiger partial charge on any atom is -0.373 e. The fourth-order valence-electron chi connectivity index (χ4n) is 1.86. The van der Waals surface area contributed by atoms with Gasteiger partial charge in [0.15, 0.2) is 0 Å². The molecule has 2 aromatic rings. The summed E-state index contributed by atoms with van der Waals surface area (Å²) < 4.78 is 0. The van der Waals surface area contributed by atoms with Gasteiger partial charge in [0.05, 0.1) is 5.69 Å². The summed E-state index contributed by atoms with van der Waals surface area (Å²) in [6.45, 7) is 8.47. The van der Waals surface area contributed by atoms with Gasteiger partial charge in [-0.1, -0.05) is 44.5 Å². The molecule has 3 nitrogen and oxygen atoms in total. The van der Waals surface area contributed by atoms with Crippen LogP contribution >= 0.6 is 0 Å². The molecule has 19 heavy (non-hydrogen) atoms. The number of aryl methyl sites for hydroxylation is 1. The quantitative estimate of drug-likeness (QED) is 0.887. The Morgan fingerprint density at radius 3 is 2.37 bits per heavy atom. The number of hydrogen-bond donors (Lipinski definition) is 1. The number of anilines is 1. The molecule has 0 saturated carbocycles. The number of benzene rings is 1. The zero-order valence-corrected chi connectivity index (χ0v) is 12.3. The van der Waals surface area contributed by atoms with Crippen molar-refractivity contribution in [2.45, 2.75) is 33.1 Å². The fraction of sp³-hybridized carbons (Fsp3) is 0.375. The van der Waals surface area contributed by atoms with E-state index in [1.165, 1.54) is 5.56 Å². The van der Waals surface area contributed by atoms with Gasteiger partial charge in [-0.3, -0.25) is 0 Å². The average Bonchev–Trinajstić information content (AvgIpc) is 2.37. The zero-order chi connectivity index (χ0) is 14.0. The van der Waals surface area contributed by atoms with E-state index in [-0.39, 0.29) is 5.41 Å². The molecule has 0 radical (unpaired) electrons. The van der Waals surface area contributed by atoms with Crippen molar-refractivity contribution in [3.05, 3.63) is 41.7 Å². The summed E-state index contributed by atoms with van der Waals surface area (Å²) >= 11 is 0. The maximum atomic E-state index is 4.71. The van der Waals surface area contributed by atoms with E-state index in [2.05, 4.69) is 62.3 Å². The number of aromatic nitrogens is 2. The van der Waals surface area contributed by atoms with Crippen molar-refractivity contribution in [2.24, 2.45) is 0 Å². The lowest BCUT2D eigenvalue weighted by Crippen LogP contribution is -2.17. The van der Waals surface area contributed by atoms with Crippen LogP contribution in [0.1, 0.15) is 32.2 Å². The Balaban J connectivity index is 2.57. The average molecular weight is 255 g/mol. The van der Waals surface area contributed by atoms with Crippen LogP contribution in [0.15, 0.2) is 30.3 Å². The third-order valence-corrected chi connectivity index (χ3v) is 2.97. The van der Waals surface area contributed by atoms with Crippen molar-refractivity contribution in [2.75, 3.05) is 12.4 Å². The van der Waals surface area contributed by atoms with Gasteiger partial charge in [0.2, 0.25) is 0 Å². The summed E-state index contributed by atoms with van der Waals surface area (Å²) in [5, 5.41) is 3.11. The molecule has 0 amide bonds. The molecule has 1 heterocycles. The maximum Gasteiger partial charge on any atom is 0.136 e. The van der Waals surface area contributed by atoms with Crippen LogP contribution in [-0.4, -0.2) is 17.0 Å². The lowest BCUT2D eigenvalue weighted by Gasteiger charge is -2.18. The van der Waals surface area contributed by atoms with Crippen molar-refractivity contribution in [1.82, 2.24) is 9.97 Å². The summed E-state index contributed by atoms with van der Waals surface area (Å²) in [6, 6.07) is 10.4. The van der Waals surface area contributed by atoms with E-state index >= 15 is 0 Å². The molecule has 0 saturated heterocycles. The number of rotatable bonds is 2. The van der Waals surface area contributed by atoms with Crippen LogP contribution in [0.5, 0.6) is 0 Å². The summed E-state index contributed by atoms with van der Waals surface area (Å²) in [5.74, 6) is 1.72. The molecule has 0 aliphatic rings. The molecular formula is C16H21N3. The molecule has 0 aliphatic carbocycles. The lowest BCUT2D eigenvalue weighted by atomic mass is 9.95. The summed E-state index contributed by atoms with van der Waals surface area (Å²) in [7, 11) is 1.88. The van der Waals surface area contributed by atoms with Gasteiger partial charge in [-0.2, -0.15) is 0 Å². The van der Waals surface area contributed by atoms with Gasteiger partial charge >= 0.3 is 0 Å². The van der Waals surface area contributed by atoms with E-state index in [1.807, 2.05) is 13.1 Å². The molecule has 3 heteroatoms. The zero-order valence-electron chi connectivity index (χ0n) is 12.3. The Hall–Kier alpha value is -1.90. The SMILES string of the molecule is CNc1cc(-c2cccc(C)c2)nc(C(C)(C)C)n1. The van der Waals surface area contributed by atoms with Crippen molar-refractivity contribution in [1.29, 1.82) is 0 Å². The highest BCUT2D eigenvalue weighted by Gasteiger charge is 2.19. The van der Waals surface area contributed by atoms with Gasteiger partial charge < -0.3 is 5.32 Å². The molecule has 0 unspecified atom stereocenters. The molecule has 0 spiro atoms. The Bertz CT molecular complexity index is 583. The van der Waals surface area contributed by atoms with E-state index in [0.717, 1.165) is 22.9 Å². The van der Waals surface area contributed by atoms with E-state index in [1.54, 1.807) is 0 Å². The normalized spacial score (nSPS) is 11.4. The molecule has 0 bridgehead atoms. The summed E-state index contributed by atoms with van der Waals surface area (Å²) in [5.41, 5.74) is 3.27. The predicted molar refractivity (Wildman–Crippen MR) is 80.5 cm³/mol. The number of nitrogens with zero attached hydrogens (tertiary/aromatic N) is 2. The molecular weight excluding hydrogens is 234 g/mol. The third kappa shape index (κ3) is 3.11. The van der Waals surface area contributed by atoms with Gasteiger partial charge in [0.25, 0.3) is 0 Å². The fourth-order valence-corrected chi connectivity index (χ4v) is 1.86. The van der Waals surface area contributed by atoms with Crippen LogP contribution in [0.3, 0.4) is 0 Å². The van der Waals surface area contributed by atoms with E-state index in [9.17, 15) is 0 Å². The second-order valence-corrected chi connectivity index (χ2v) is 5.83. The lowest BCUT2D eigenvalue weighted by molar-refractivity contribution is 0.547. The monoisotopic (exact) mass is 255 g/mol. The van der Waals surface area contributed by atoms with Gasteiger partial charge in [-0.25, -0.2) is 9.97 Å². The number of hydrogen-bond acceptors (Lipinski definition) is 3. The summed E-state index contributed by atoms with van der Waals surface area (Å²) in [6.07, 6.45) is 0. The molecule has 0 atom stereocenters. The molecule has 0 fully saturated rings. The molecule has 100 valence electrons. The van der Waals surface area contributed by atoms with Crippen LogP contribution in [0.4, 0.5) is 5.82 Å². The van der Waals surface area contributed by atoms with Crippen LogP contribution < -0.4 is 5.32 Å². The van der Waals surface area contributed by atoms with Crippen molar-refractivity contribution < 1.29 is 0 Å². The molecule has 0 aliphatic heterocycles. The standard InChI is InChI=1S/C16H21N3/c1-11-7-6-8-12(9-11)13-10-14(17-5)19-15(18-13)16(2,3)4/h6-10H,1-5H3,(H,17,18,19). The Morgan fingerprint density at radius 2 is 1.79 bits per heavy atom. The first-order chi connectivity index (χ1) is 8.90. The van der Waals surface area contributed by atoms with Gasteiger partial charge in [0.1, 0.15) is 11.6 Å². The Kier molecular flexibility index (Phi) is 3.56. The highest BCUT2D eigenvalue weighted by Crippen LogP contribution is 2.25. The third-order valence-electron chi connectivity index (χ3n) is 2.97. The minimum atomic E-state index is -0.0641. The van der Waals surface area contributed by atoms with Crippen LogP contribution in [0, 0.1) is 6.92 Å². The summed E-state index contributed by atoms with van der Waals surface area (Å²) in [4.78, 5) is 9.26. The van der Waals surface area contributed by atoms with Gasteiger partial charge in [0, 0.05) is 24.1 Å². The topological polar surface area (TPSA) is 37.8 Å². The molecule has 2 rings (SSSR count). The van der Waals surface area contributed by atoms with Crippen LogP contribution in [0.25, 0.3) is 11.3 Å². The first kappa shape index (κ1) is 13.5. The van der Waals surface area contributed by atoms with Crippen molar-refractivity contribution >= 4 is 5.82 Å². The first-order valence-corrected chi connectivity index (χ1v) is 6.54. The molecule has 1 aromatic carbocycles. The second kappa shape index (κ2) is 5.00. The van der Waals surface area contributed by atoms with E-state index in [4.69, 9.17) is 4.98 Å². The highest BCUT2D eigenvalue weighted by molar-refractivity contribution is 5.63. The first-order valence-electron chi connectivity index (χ1n) is 6.54. The minimum absolute atomic E-state index is 0.0641. The van der Waals surface area contributed by atoms with Crippen molar-refractivity contribution in [3.8, 4) is 11.3 Å². The smallest absolute Gasteiger partial charge is 0.136 e. The Morgan fingerprint density at radius 1 is 1.05 bits per heavy atom. The van der Waals surface area contributed by atoms with E-state index < -0.39 is 0 Å². The number of nitrogens with one attached hydrogen (secondary N) is 1. The Labute approximate surface area is 115 Å². The largest absolute Gasteiger partial charge is 0.373 e.